The van der Waals surface area contributed by atoms with Crippen LogP contribution in [0.3, 0.4) is 0 Å². The topological polar surface area (TPSA) is 12.0 Å². The Hall–Kier alpha value is -0.300. The van der Waals surface area contributed by atoms with Gasteiger partial charge in [-0.2, -0.15) is 0 Å². The molecule has 14 heavy (non-hydrogen) atoms. The van der Waals surface area contributed by atoms with Crippen LogP contribution in [-0.2, 0) is 0 Å². The van der Waals surface area contributed by atoms with E-state index in [1.165, 1.54) is 31.3 Å². The monoisotopic (exact) mass is 197 g/mol. The van der Waals surface area contributed by atoms with Gasteiger partial charge in [0.2, 0.25) is 0 Å². The van der Waals surface area contributed by atoms with Crippen molar-refractivity contribution in [1.29, 1.82) is 0 Å². The predicted molar refractivity (Wildman–Crippen MR) is 65.6 cm³/mol. The van der Waals surface area contributed by atoms with Crippen LogP contribution in [-0.4, -0.2) is 13.1 Å². The largest absolute Gasteiger partial charge is 0.316 e. The maximum atomic E-state index is 4.00. The highest BCUT2D eigenvalue weighted by atomic mass is 14.9. The van der Waals surface area contributed by atoms with E-state index in [0.717, 1.165) is 12.3 Å². The van der Waals surface area contributed by atoms with Crippen LogP contribution in [0.15, 0.2) is 12.2 Å². The van der Waals surface area contributed by atoms with Gasteiger partial charge in [-0.05, 0) is 32.7 Å². The SMILES string of the molecule is C=C(C)CC(NC)C(CC)CCCC. The molecule has 1 nitrogen and oxygen atoms in total. The molecule has 0 aromatic carbocycles. The second kappa shape index (κ2) is 8.05. The number of hydrogen-bond acceptors (Lipinski definition) is 1. The van der Waals surface area contributed by atoms with Gasteiger partial charge in [0.1, 0.15) is 0 Å². The molecule has 0 aliphatic carbocycles. The second-order valence-electron chi connectivity index (χ2n) is 4.37. The van der Waals surface area contributed by atoms with E-state index in [9.17, 15) is 0 Å². The smallest absolute Gasteiger partial charge is 0.0129 e. The fourth-order valence-corrected chi connectivity index (χ4v) is 2.04. The highest BCUT2D eigenvalue weighted by Gasteiger charge is 2.17. The lowest BCUT2D eigenvalue weighted by atomic mass is 9.88. The first-order chi connectivity index (χ1) is 6.65. The Labute approximate surface area is 90.0 Å². The van der Waals surface area contributed by atoms with E-state index < -0.39 is 0 Å². The Morgan fingerprint density at radius 3 is 2.36 bits per heavy atom. The van der Waals surface area contributed by atoms with Crippen molar-refractivity contribution in [2.75, 3.05) is 7.05 Å². The zero-order chi connectivity index (χ0) is 11.0. The number of unbranched alkanes of at least 4 members (excludes halogenated alkanes) is 1. The van der Waals surface area contributed by atoms with Crippen LogP contribution < -0.4 is 5.32 Å². The van der Waals surface area contributed by atoms with Crippen molar-refractivity contribution in [3.8, 4) is 0 Å². The van der Waals surface area contributed by atoms with Crippen LogP contribution >= 0.6 is 0 Å². The minimum absolute atomic E-state index is 0.629. The van der Waals surface area contributed by atoms with E-state index in [4.69, 9.17) is 0 Å². The molecule has 0 aliphatic rings. The molecule has 0 amide bonds. The molecule has 2 unspecified atom stereocenters. The molecule has 0 saturated heterocycles. The van der Waals surface area contributed by atoms with Gasteiger partial charge in [0.25, 0.3) is 0 Å². The van der Waals surface area contributed by atoms with E-state index >= 15 is 0 Å². The van der Waals surface area contributed by atoms with E-state index in [1.807, 2.05) is 0 Å². The first kappa shape index (κ1) is 13.7. The summed E-state index contributed by atoms with van der Waals surface area (Å²) < 4.78 is 0. The molecular weight excluding hydrogens is 170 g/mol. The Morgan fingerprint density at radius 1 is 1.36 bits per heavy atom. The average Bonchev–Trinajstić information content (AvgIpc) is 2.16. The Bertz CT molecular complexity index is 151. The van der Waals surface area contributed by atoms with Gasteiger partial charge in [0.15, 0.2) is 0 Å². The first-order valence-corrected chi connectivity index (χ1v) is 5.97. The highest BCUT2D eigenvalue weighted by molar-refractivity contribution is 4.94. The van der Waals surface area contributed by atoms with E-state index in [2.05, 4.69) is 39.7 Å². The fourth-order valence-electron chi connectivity index (χ4n) is 2.04. The minimum Gasteiger partial charge on any atom is -0.316 e. The van der Waals surface area contributed by atoms with Gasteiger partial charge < -0.3 is 5.32 Å². The first-order valence-electron chi connectivity index (χ1n) is 5.97. The van der Waals surface area contributed by atoms with Gasteiger partial charge in [0, 0.05) is 6.04 Å². The van der Waals surface area contributed by atoms with Crippen molar-refractivity contribution in [3.05, 3.63) is 12.2 Å². The van der Waals surface area contributed by atoms with Gasteiger partial charge in [-0.25, -0.2) is 0 Å². The molecule has 0 fully saturated rings. The standard InChI is InChI=1S/C13H27N/c1-6-8-9-12(7-2)13(14-5)10-11(3)4/h12-14H,3,6-10H2,1-2,4-5H3. The van der Waals surface area contributed by atoms with Gasteiger partial charge >= 0.3 is 0 Å². The molecule has 0 spiro atoms. The van der Waals surface area contributed by atoms with Crippen molar-refractivity contribution in [2.24, 2.45) is 5.92 Å². The molecule has 1 N–H and O–H groups in total. The maximum absolute atomic E-state index is 4.00. The molecule has 0 rings (SSSR count). The summed E-state index contributed by atoms with van der Waals surface area (Å²) in [5.41, 5.74) is 1.29. The lowest BCUT2D eigenvalue weighted by Gasteiger charge is -2.26. The number of nitrogens with one attached hydrogen (secondary N) is 1. The Morgan fingerprint density at radius 2 is 2.00 bits per heavy atom. The van der Waals surface area contributed by atoms with E-state index in [0.29, 0.717) is 6.04 Å². The Balaban J connectivity index is 4.06. The normalized spacial score (nSPS) is 15.1. The minimum atomic E-state index is 0.629. The molecule has 0 aromatic heterocycles. The summed E-state index contributed by atoms with van der Waals surface area (Å²) in [6.45, 7) is 10.7. The molecule has 0 radical (unpaired) electrons. The van der Waals surface area contributed by atoms with Crippen LogP contribution in [0.2, 0.25) is 0 Å². The second-order valence-corrected chi connectivity index (χ2v) is 4.37. The molecule has 0 saturated carbocycles. The van der Waals surface area contributed by atoms with Crippen molar-refractivity contribution in [3.63, 3.8) is 0 Å². The van der Waals surface area contributed by atoms with Crippen LogP contribution in [0.25, 0.3) is 0 Å². The lowest BCUT2D eigenvalue weighted by Crippen LogP contribution is -2.33. The van der Waals surface area contributed by atoms with Gasteiger partial charge in [-0.3, -0.25) is 0 Å². The lowest BCUT2D eigenvalue weighted by molar-refractivity contribution is 0.330. The van der Waals surface area contributed by atoms with Crippen molar-refractivity contribution >= 4 is 0 Å². The van der Waals surface area contributed by atoms with Crippen molar-refractivity contribution in [2.45, 2.75) is 58.9 Å². The van der Waals surface area contributed by atoms with Crippen LogP contribution in [0.5, 0.6) is 0 Å². The summed E-state index contributed by atoms with van der Waals surface area (Å²) in [4.78, 5) is 0. The molecule has 84 valence electrons. The van der Waals surface area contributed by atoms with Crippen molar-refractivity contribution < 1.29 is 0 Å². The molecule has 0 aromatic rings. The molecule has 0 heterocycles. The molecule has 2 atom stereocenters. The van der Waals surface area contributed by atoms with Gasteiger partial charge in [-0.1, -0.05) is 38.7 Å². The highest BCUT2D eigenvalue weighted by Crippen LogP contribution is 2.20. The molecule has 1 heteroatoms. The molecule has 0 aliphatic heterocycles. The summed E-state index contributed by atoms with van der Waals surface area (Å²) in [5.74, 6) is 0.816. The van der Waals surface area contributed by atoms with Crippen molar-refractivity contribution in [1.82, 2.24) is 5.32 Å². The number of hydrogen-bond donors (Lipinski definition) is 1. The van der Waals surface area contributed by atoms with Gasteiger partial charge in [0.05, 0.1) is 0 Å². The molecule has 0 bridgehead atoms. The number of rotatable bonds is 8. The predicted octanol–water partition coefficient (Wildman–Crippen LogP) is 3.76. The Kier molecular flexibility index (Phi) is 7.87. The quantitative estimate of drug-likeness (QED) is 0.584. The summed E-state index contributed by atoms with van der Waals surface area (Å²) in [5, 5.41) is 3.43. The third kappa shape index (κ3) is 5.43. The molecular formula is C13H27N. The zero-order valence-corrected chi connectivity index (χ0v) is 10.4. The van der Waals surface area contributed by atoms with Crippen LogP contribution in [0, 0.1) is 5.92 Å². The van der Waals surface area contributed by atoms with Crippen LogP contribution in [0.1, 0.15) is 52.9 Å². The third-order valence-electron chi connectivity index (χ3n) is 2.96. The third-order valence-corrected chi connectivity index (χ3v) is 2.96. The zero-order valence-electron chi connectivity index (χ0n) is 10.4. The average molecular weight is 197 g/mol. The fraction of sp³-hybridized carbons (Fsp3) is 0.846. The van der Waals surface area contributed by atoms with E-state index in [-0.39, 0.29) is 0 Å². The summed E-state index contributed by atoms with van der Waals surface area (Å²) in [6, 6.07) is 0.629. The summed E-state index contributed by atoms with van der Waals surface area (Å²) >= 11 is 0. The van der Waals surface area contributed by atoms with E-state index in [1.54, 1.807) is 0 Å². The summed E-state index contributed by atoms with van der Waals surface area (Å²) in [7, 11) is 2.07. The van der Waals surface area contributed by atoms with Gasteiger partial charge in [-0.15, -0.1) is 6.58 Å². The van der Waals surface area contributed by atoms with Crippen LogP contribution in [0.4, 0.5) is 0 Å². The maximum Gasteiger partial charge on any atom is 0.0129 e. The summed E-state index contributed by atoms with van der Waals surface area (Å²) in [6.07, 6.45) is 6.41.